The Morgan fingerprint density at radius 3 is 2.70 bits per heavy atom. The summed E-state index contributed by atoms with van der Waals surface area (Å²) in [5, 5.41) is 20.1. The molecular weight excluding hydrogens is 328 g/mol. The second-order valence-electron chi connectivity index (χ2n) is 4.07. The van der Waals surface area contributed by atoms with Crippen molar-refractivity contribution in [1.82, 2.24) is 4.98 Å². The Labute approximate surface area is 123 Å². The van der Waals surface area contributed by atoms with Crippen LogP contribution in [0.1, 0.15) is 18.7 Å². The van der Waals surface area contributed by atoms with E-state index in [4.69, 9.17) is 4.74 Å². The molecule has 1 aromatic carbocycles. The Morgan fingerprint density at radius 1 is 1.40 bits per heavy atom. The fourth-order valence-electron chi connectivity index (χ4n) is 1.51. The van der Waals surface area contributed by atoms with E-state index in [1.54, 1.807) is 25.1 Å². The molecule has 0 fully saturated rings. The Bertz CT molecular complexity index is 629. The Morgan fingerprint density at radius 2 is 2.15 bits per heavy atom. The molecule has 0 spiro atoms. The van der Waals surface area contributed by atoms with E-state index >= 15 is 0 Å². The number of halogens is 1. The summed E-state index contributed by atoms with van der Waals surface area (Å²) in [6, 6.07) is 7.52. The van der Waals surface area contributed by atoms with Crippen LogP contribution in [0.15, 0.2) is 41.0 Å². The highest BCUT2D eigenvalue weighted by atomic mass is 79.9. The van der Waals surface area contributed by atoms with Crippen LogP contribution < -0.4 is 4.74 Å². The van der Waals surface area contributed by atoms with Crippen molar-refractivity contribution in [2.75, 3.05) is 0 Å². The van der Waals surface area contributed by atoms with Gasteiger partial charge in [-0.3, -0.25) is 15.1 Å². The van der Waals surface area contributed by atoms with Crippen molar-refractivity contribution in [3.8, 4) is 11.5 Å². The number of pyridine rings is 1. The van der Waals surface area contributed by atoms with E-state index in [2.05, 4.69) is 20.9 Å². The highest BCUT2D eigenvalue weighted by Gasteiger charge is 2.11. The second-order valence-corrected chi connectivity index (χ2v) is 4.92. The van der Waals surface area contributed by atoms with Crippen molar-refractivity contribution in [3.63, 3.8) is 0 Å². The lowest BCUT2D eigenvalue weighted by molar-refractivity contribution is -0.384. The number of nitrogens with zero attached hydrogens (tertiary/aromatic N) is 2. The number of hydrogen-bond acceptors (Lipinski definition) is 5. The molecule has 1 atom stereocenters. The first kappa shape index (κ1) is 14.4. The van der Waals surface area contributed by atoms with Crippen LogP contribution in [-0.4, -0.2) is 15.0 Å². The smallest absolute Gasteiger partial charge is 0.273 e. The highest BCUT2D eigenvalue weighted by molar-refractivity contribution is 9.10. The lowest BCUT2D eigenvalue weighted by atomic mass is 10.2. The maximum atomic E-state index is 10.7. The van der Waals surface area contributed by atoms with Crippen molar-refractivity contribution >= 4 is 21.6 Å². The average Bonchev–Trinajstić information content (AvgIpc) is 2.41. The lowest BCUT2D eigenvalue weighted by Crippen LogP contribution is -1.95. The minimum Gasteiger partial charge on any atom is -0.454 e. The van der Waals surface area contributed by atoms with Crippen LogP contribution in [0.2, 0.25) is 0 Å². The van der Waals surface area contributed by atoms with Crippen molar-refractivity contribution in [2.45, 2.75) is 13.0 Å². The van der Waals surface area contributed by atoms with Gasteiger partial charge in [0.2, 0.25) is 0 Å². The topological polar surface area (TPSA) is 85.5 Å². The van der Waals surface area contributed by atoms with Crippen LogP contribution in [0.25, 0.3) is 0 Å². The van der Waals surface area contributed by atoms with E-state index in [-0.39, 0.29) is 5.69 Å². The Hall–Kier alpha value is -1.99. The molecule has 0 aliphatic carbocycles. The van der Waals surface area contributed by atoms with Gasteiger partial charge in [0.25, 0.3) is 5.69 Å². The van der Waals surface area contributed by atoms with Crippen molar-refractivity contribution in [2.24, 2.45) is 0 Å². The molecule has 2 aromatic rings. The summed E-state index contributed by atoms with van der Waals surface area (Å²) < 4.78 is 6.14. The molecule has 1 heterocycles. The molecule has 6 nitrogen and oxygen atoms in total. The highest BCUT2D eigenvalue weighted by Crippen LogP contribution is 2.32. The Balaban J connectivity index is 2.25. The fraction of sp³-hybridized carbons (Fsp3) is 0.154. The predicted octanol–water partition coefficient (Wildman–Crippen LogP) is 3.60. The summed E-state index contributed by atoms with van der Waals surface area (Å²) in [6.45, 7) is 1.61. The third-order valence-electron chi connectivity index (χ3n) is 2.54. The minimum atomic E-state index is -0.659. The Kier molecular flexibility index (Phi) is 4.31. The zero-order chi connectivity index (χ0) is 14.7. The molecule has 0 aliphatic rings. The van der Waals surface area contributed by atoms with Gasteiger partial charge in [0.1, 0.15) is 11.5 Å². The fourth-order valence-corrected chi connectivity index (χ4v) is 1.84. The molecule has 0 amide bonds. The van der Waals surface area contributed by atoms with Crippen LogP contribution in [0.4, 0.5) is 5.69 Å². The number of aromatic nitrogens is 1. The molecule has 0 bridgehead atoms. The molecule has 2 rings (SSSR count). The molecule has 1 unspecified atom stereocenters. The molecule has 0 radical (unpaired) electrons. The number of non-ortho nitro benzene ring substituents is 1. The first-order chi connectivity index (χ1) is 9.47. The molecule has 7 heteroatoms. The first-order valence-corrected chi connectivity index (χ1v) is 6.52. The summed E-state index contributed by atoms with van der Waals surface area (Å²) in [4.78, 5) is 14.3. The number of aliphatic hydroxyl groups excluding tert-OH is 1. The van der Waals surface area contributed by atoms with Gasteiger partial charge in [-0.05, 0) is 41.1 Å². The number of nitro benzene ring substituents is 1. The van der Waals surface area contributed by atoms with Crippen LogP contribution in [0.5, 0.6) is 11.5 Å². The normalized spacial score (nSPS) is 11.9. The SMILES string of the molecule is CC(O)c1ccc(Oc2cc([N+](=O)[O-])ccc2Br)cn1. The van der Waals surface area contributed by atoms with Crippen LogP contribution in [-0.2, 0) is 0 Å². The number of rotatable bonds is 4. The van der Waals surface area contributed by atoms with E-state index < -0.39 is 11.0 Å². The largest absolute Gasteiger partial charge is 0.454 e. The van der Waals surface area contributed by atoms with Crippen LogP contribution in [0.3, 0.4) is 0 Å². The molecule has 0 saturated carbocycles. The average molecular weight is 339 g/mol. The molecule has 0 saturated heterocycles. The van der Waals surface area contributed by atoms with E-state index in [1.165, 1.54) is 18.3 Å². The van der Waals surface area contributed by atoms with E-state index in [1.807, 2.05) is 0 Å². The number of benzene rings is 1. The lowest BCUT2D eigenvalue weighted by Gasteiger charge is -2.08. The maximum Gasteiger partial charge on any atom is 0.273 e. The standard InChI is InChI=1S/C13H11BrN2O4/c1-8(17)12-5-3-10(7-15-12)20-13-6-9(16(18)19)2-4-11(13)14/h2-8,17H,1H3. The van der Waals surface area contributed by atoms with Crippen LogP contribution >= 0.6 is 15.9 Å². The molecule has 104 valence electrons. The molecule has 20 heavy (non-hydrogen) atoms. The zero-order valence-electron chi connectivity index (χ0n) is 10.5. The van der Waals surface area contributed by atoms with Gasteiger partial charge in [0, 0.05) is 6.07 Å². The third kappa shape index (κ3) is 3.31. The molecule has 1 aromatic heterocycles. The summed E-state index contributed by atoms with van der Waals surface area (Å²) in [5.41, 5.74) is 0.465. The zero-order valence-corrected chi connectivity index (χ0v) is 12.1. The molecule has 1 N–H and O–H groups in total. The second kappa shape index (κ2) is 5.98. The van der Waals surface area contributed by atoms with Gasteiger partial charge < -0.3 is 9.84 Å². The van der Waals surface area contributed by atoms with Gasteiger partial charge in [0.15, 0.2) is 0 Å². The first-order valence-electron chi connectivity index (χ1n) is 5.73. The van der Waals surface area contributed by atoms with Crippen molar-refractivity contribution < 1.29 is 14.8 Å². The number of ether oxygens (including phenoxy) is 1. The van der Waals surface area contributed by atoms with Gasteiger partial charge in [-0.1, -0.05) is 0 Å². The van der Waals surface area contributed by atoms with Crippen molar-refractivity contribution in [1.29, 1.82) is 0 Å². The predicted molar refractivity (Wildman–Crippen MR) is 75.7 cm³/mol. The van der Waals surface area contributed by atoms with Gasteiger partial charge in [-0.15, -0.1) is 0 Å². The number of hydrogen-bond donors (Lipinski definition) is 1. The van der Waals surface area contributed by atoms with E-state index in [9.17, 15) is 15.2 Å². The summed E-state index contributed by atoms with van der Waals surface area (Å²) in [7, 11) is 0. The number of nitro groups is 1. The minimum absolute atomic E-state index is 0.0586. The maximum absolute atomic E-state index is 10.7. The third-order valence-corrected chi connectivity index (χ3v) is 3.20. The van der Waals surface area contributed by atoms with Gasteiger partial charge in [-0.2, -0.15) is 0 Å². The monoisotopic (exact) mass is 338 g/mol. The van der Waals surface area contributed by atoms with Crippen molar-refractivity contribution in [3.05, 3.63) is 56.8 Å². The quantitative estimate of drug-likeness (QED) is 0.679. The number of aliphatic hydroxyl groups is 1. The van der Waals surface area contributed by atoms with Gasteiger partial charge >= 0.3 is 0 Å². The van der Waals surface area contributed by atoms with E-state index in [0.29, 0.717) is 21.7 Å². The van der Waals surface area contributed by atoms with Gasteiger partial charge in [-0.25, -0.2) is 0 Å². The summed E-state index contributed by atoms with van der Waals surface area (Å²) in [5.74, 6) is 0.751. The molecule has 0 aliphatic heterocycles. The summed E-state index contributed by atoms with van der Waals surface area (Å²) in [6.07, 6.45) is 0.793. The van der Waals surface area contributed by atoms with Gasteiger partial charge in [0.05, 0.1) is 33.5 Å². The van der Waals surface area contributed by atoms with E-state index in [0.717, 1.165) is 0 Å². The van der Waals surface area contributed by atoms with Crippen LogP contribution in [0, 0.1) is 10.1 Å². The molecular formula is C13H11BrN2O4. The summed E-state index contributed by atoms with van der Waals surface area (Å²) >= 11 is 3.27.